The van der Waals surface area contributed by atoms with Crippen LogP contribution in [0.5, 0.6) is 0 Å². The van der Waals surface area contributed by atoms with Gasteiger partial charge in [-0.1, -0.05) is 24.3 Å². The number of sulfonamides is 1. The molecule has 30 heavy (non-hydrogen) atoms. The summed E-state index contributed by atoms with van der Waals surface area (Å²) in [5.74, 6) is -1.07. The molecule has 2 aromatic carbocycles. The molecule has 0 aliphatic carbocycles. The van der Waals surface area contributed by atoms with Crippen molar-refractivity contribution < 1.29 is 17.6 Å². The van der Waals surface area contributed by atoms with Crippen LogP contribution in [0.2, 0.25) is 0 Å². The summed E-state index contributed by atoms with van der Waals surface area (Å²) >= 11 is 1.60. The van der Waals surface area contributed by atoms with Crippen molar-refractivity contribution in [2.75, 3.05) is 25.4 Å². The molecule has 3 aromatic rings. The lowest BCUT2D eigenvalue weighted by atomic mass is 10.2. The van der Waals surface area contributed by atoms with Crippen LogP contribution in [-0.4, -0.2) is 39.9 Å². The first-order valence-electron chi connectivity index (χ1n) is 9.13. The quantitative estimate of drug-likeness (QED) is 0.552. The van der Waals surface area contributed by atoms with Crippen LogP contribution in [0, 0.1) is 5.82 Å². The summed E-state index contributed by atoms with van der Waals surface area (Å²) < 4.78 is 41.3. The molecule has 0 aliphatic heterocycles. The maximum absolute atomic E-state index is 13.8. The average Bonchev–Trinajstić information content (AvgIpc) is 3.24. The number of thiophene rings is 1. The Balaban J connectivity index is 1.74. The molecule has 0 saturated heterocycles. The minimum Gasteiger partial charge on any atom is -0.350 e. The van der Waals surface area contributed by atoms with E-state index in [4.69, 9.17) is 0 Å². The summed E-state index contributed by atoms with van der Waals surface area (Å²) in [7, 11) is -0.191. The second-order valence-corrected chi connectivity index (χ2v) is 9.48. The van der Waals surface area contributed by atoms with E-state index in [1.165, 1.54) is 42.5 Å². The van der Waals surface area contributed by atoms with Crippen LogP contribution in [0.25, 0.3) is 0 Å². The molecule has 0 bridgehead atoms. The highest BCUT2D eigenvalue weighted by atomic mass is 32.2. The lowest BCUT2D eigenvalue weighted by Gasteiger charge is -2.23. The van der Waals surface area contributed by atoms with E-state index in [0.717, 1.165) is 10.9 Å². The van der Waals surface area contributed by atoms with Gasteiger partial charge in [-0.3, -0.25) is 9.52 Å². The number of nitrogens with one attached hydrogen (secondary N) is 2. The van der Waals surface area contributed by atoms with Crippen LogP contribution in [0.15, 0.2) is 70.9 Å². The van der Waals surface area contributed by atoms with Crippen molar-refractivity contribution >= 4 is 33.0 Å². The van der Waals surface area contributed by atoms with E-state index < -0.39 is 15.8 Å². The lowest BCUT2D eigenvalue weighted by molar-refractivity contribution is 0.0942. The Morgan fingerprint density at radius 3 is 2.53 bits per heavy atom. The first kappa shape index (κ1) is 21.9. The topological polar surface area (TPSA) is 78.5 Å². The van der Waals surface area contributed by atoms with Crippen molar-refractivity contribution in [3.8, 4) is 0 Å². The molecule has 2 N–H and O–H groups in total. The number of nitrogens with zero attached hydrogens (tertiary/aromatic N) is 1. The van der Waals surface area contributed by atoms with E-state index in [2.05, 4.69) is 10.0 Å². The second kappa shape index (κ2) is 9.38. The minimum absolute atomic E-state index is 0.00332. The number of hydrogen-bond donors (Lipinski definition) is 2. The summed E-state index contributed by atoms with van der Waals surface area (Å²) in [6, 6.07) is 15.1. The average molecular weight is 448 g/mol. The predicted octanol–water partition coefficient (Wildman–Crippen LogP) is 3.72. The summed E-state index contributed by atoms with van der Waals surface area (Å²) in [5, 5.41) is 4.83. The molecule has 1 unspecified atom stereocenters. The number of carbonyl (C=O) groups excluding carboxylic acids is 1. The molecular weight excluding hydrogens is 425 g/mol. The van der Waals surface area contributed by atoms with Crippen LogP contribution >= 0.6 is 11.3 Å². The first-order chi connectivity index (χ1) is 14.3. The van der Waals surface area contributed by atoms with Crippen LogP contribution in [0.1, 0.15) is 21.3 Å². The number of rotatable bonds is 8. The van der Waals surface area contributed by atoms with Crippen molar-refractivity contribution in [2.24, 2.45) is 0 Å². The van der Waals surface area contributed by atoms with E-state index in [0.29, 0.717) is 6.54 Å². The monoisotopic (exact) mass is 447 g/mol. The molecule has 0 aliphatic rings. The third-order valence-corrected chi connectivity index (χ3v) is 6.81. The van der Waals surface area contributed by atoms with Gasteiger partial charge in [0.25, 0.3) is 15.9 Å². The van der Waals surface area contributed by atoms with E-state index in [-0.39, 0.29) is 28.1 Å². The highest BCUT2D eigenvalue weighted by Gasteiger charge is 2.20. The van der Waals surface area contributed by atoms with Crippen molar-refractivity contribution in [2.45, 2.75) is 10.9 Å². The maximum atomic E-state index is 13.8. The molecule has 0 radical (unpaired) electrons. The van der Waals surface area contributed by atoms with Gasteiger partial charge in [0.05, 0.1) is 16.6 Å². The van der Waals surface area contributed by atoms with Crippen molar-refractivity contribution in [3.05, 3.63) is 82.3 Å². The molecule has 3 rings (SSSR count). The fraction of sp³-hybridized carbons (Fsp3) is 0.190. The highest BCUT2D eigenvalue weighted by Crippen LogP contribution is 2.23. The van der Waals surface area contributed by atoms with Crippen LogP contribution in [-0.2, 0) is 10.0 Å². The third kappa shape index (κ3) is 5.24. The fourth-order valence-corrected chi connectivity index (χ4v) is 4.90. The van der Waals surface area contributed by atoms with E-state index in [1.54, 1.807) is 11.3 Å². The highest BCUT2D eigenvalue weighted by molar-refractivity contribution is 7.92. The van der Waals surface area contributed by atoms with Crippen LogP contribution in [0.4, 0.5) is 10.1 Å². The van der Waals surface area contributed by atoms with Gasteiger partial charge in [0.2, 0.25) is 0 Å². The van der Waals surface area contributed by atoms with Gasteiger partial charge in [-0.25, -0.2) is 12.8 Å². The summed E-state index contributed by atoms with van der Waals surface area (Å²) in [6.07, 6.45) is 0. The molecule has 1 amide bonds. The van der Waals surface area contributed by atoms with Gasteiger partial charge < -0.3 is 10.2 Å². The molecule has 9 heteroatoms. The van der Waals surface area contributed by atoms with Gasteiger partial charge in [0, 0.05) is 17.0 Å². The number of amides is 1. The minimum atomic E-state index is -4.05. The van der Waals surface area contributed by atoms with Gasteiger partial charge in [-0.2, -0.15) is 0 Å². The smallest absolute Gasteiger partial charge is 0.262 e. The Labute approximate surface area is 179 Å². The molecule has 1 heterocycles. The summed E-state index contributed by atoms with van der Waals surface area (Å²) in [5.41, 5.74) is 0.0484. The van der Waals surface area contributed by atoms with Crippen molar-refractivity contribution in [3.63, 3.8) is 0 Å². The SMILES string of the molecule is CN(C)C(CNC(=O)c1cccc(S(=O)(=O)Nc2ccccc2F)c1)c1cccs1. The molecule has 1 atom stereocenters. The van der Waals surface area contributed by atoms with E-state index in [9.17, 15) is 17.6 Å². The molecule has 0 fully saturated rings. The largest absolute Gasteiger partial charge is 0.350 e. The normalized spacial score (nSPS) is 12.5. The zero-order valence-corrected chi connectivity index (χ0v) is 18.1. The molecular formula is C21H22FN3O3S2. The second-order valence-electron chi connectivity index (χ2n) is 6.82. The Kier molecular flexibility index (Phi) is 6.86. The van der Waals surface area contributed by atoms with Gasteiger partial charge in [-0.15, -0.1) is 11.3 Å². The Morgan fingerprint density at radius 2 is 1.87 bits per heavy atom. The summed E-state index contributed by atoms with van der Waals surface area (Å²) in [6.45, 7) is 0.372. The number of likely N-dealkylation sites (N-methyl/N-ethyl adjacent to an activating group) is 1. The zero-order valence-electron chi connectivity index (χ0n) is 16.5. The number of halogens is 1. The van der Waals surface area contributed by atoms with Crippen LogP contribution in [0.3, 0.4) is 0 Å². The van der Waals surface area contributed by atoms with E-state index >= 15 is 0 Å². The van der Waals surface area contributed by atoms with E-state index in [1.807, 2.05) is 36.5 Å². The fourth-order valence-electron chi connectivity index (χ4n) is 2.86. The molecule has 6 nitrogen and oxygen atoms in total. The number of para-hydroxylation sites is 1. The van der Waals surface area contributed by atoms with Crippen LogP contribution < -0.4 is 10.0 Å². The number of carbonyl (C=O) groups is 1. The van der Waals surface area contributed by atoms with Crippen molar-refractivity contribution in [1.82, 2.24) is 10.2 Å². The summed E-state index contributed by atoms with van der Waals surface area (Å²) in [4.78, 5) is 15.6. The number of anilines is 1. The standard InChI is InChI=1S/C21H22FN3O3S2/c1-25(2)19(20-11-6-12-29-20)14-23-21(26)15-7-5-8-16(13-15)30(27,28)24-18-10-4-3-9-17(18)22/h3-13,19,24H,14H2,1-2H3,(H,23,26). The molecule has 1 aromatic heterocycles. The van der Waals surface area contributed by atoms with Gasteiger partial charge in [0.1, 0.15) is 5.82 Å². The Bertz CT molecular complexity index is 1120. The van der Waals surface area contributed by atoms with Gasteiger partial charge >= 0.3 is 0 Å². The van der Waals surface area contributed by atoms with Crippen molar-refractivity contribution in [1.29, 1.82) is 0 Å². The Morgan fingerprint density at radius 1 is 1.10 bits per heavy atom. The Hall–Kier alpha value is -2.75. The first-order valence-corrected chi connectivity index (χ1v) is 11.5. The zero-order chi connectivity index (χ0) is 21.7. The third-order valence-electron chi connectivity index (χ3n) is 4.48. The number of benzene rings is 2. The predicted molar refractivity (Wildman–Crippen MR) is 117 cm³/mol. The number of hydrogen-bond acceptors (Lipinski definition) is 5. The van der Waals surface area contributed by atoms with Gasteiger partial charge in [-0.05, 0) is 55.9 Å². The molecule has 158 valence electrons. The molecule has 0 spiro atoms. The lowest BCUT2D eigenvalue weighted by Crippen LogP contribution is -2.34. The maximum Gasteiger partial charge on any atom is 0.262 e. The van der Waals surface area contributed by atoms with Gasteiger partial charge in [0.15, 0.2) is 0 Å². The molecule has 0 saturated carbocycles.